The molecular weight excluding hydrogens is 384 g/mol. The number of nitrogens with one attached hydrogen (secondary N) is 1. The van der Waals surface area contributed by atoms with E-state index in [1.807, 2.05) is 42.5 Å². The Balaban J connectivity index is 1.88. The molecule has 0 aliphatic rings. The fourth-order valence-electron chi connectivity index (χ4n) is 3.62. The van der Waals surface area contributed by atoms with Gasteiger partial charge in [0, 0.05) is 32.4 Å². The summed E-state index contributed by atoms with van der Waals surface area (Å²) in [5, 5.41) is 13.0. The number of methoxy groups -OCH3 is 1. The molecule has 5 heteroatoms. The molecule has 5 nitrogen and oxygen atoms in total. The SMILES string of the molecule is COC(CCc1cc(CNC(C)CN)cc(-c2ccccc2C#N)c1)c1ccccn1. The minimum atomic E-state index is -0.0601. The fraction of sp³-hybridized carbons (Fsp3) is 0.308. The lowest BCUT2D eigenvalue weighted by molar-refractivity contribution is 0.0924. The van der Waals surface area contributed by atoms with Crippen molar-refractivity contribution < 1.29 is 4.74 Å². The van der Waals surface area contributed by atoms with E-state index in [2.05, 4.69) is 41.5 Å². The monoisotopic (exact) mass is 414 g/mol. The van der Waals surface area contributed by atoms with Crippen molar-refractivity contribution >= 4 is 0 Å². The van der Waals surface area contributed by atoms with Crippen LogP contribution in [0.15, 0.2) is 66.9 Å². The van der Waals surface area contributed by atoms with Gasteiger partial charge in [0.15, 0.2) is 0 Å². The van der Waals surface area contributed by atoms with E-state index in [1.54, 1.807) is 13.3 Å². The van der Waals surface area contributed by atoms with E-state index in [0.29, 0.717) is 12.1 Å². The first-order valence-corrected chi connectivity index (χ1v) is 10.6. The number of ether oxygens (including phenoxy) is 1. The zero-order valence-electron chi connectivity index (χ0n) is 18.2. The molecule has 0 amide bonds. The van der Waals surface area contributed by atoms with E-state index in [-0.39, 0.29) is 12.1 Å². The van der Waals surface area contributed by atoms with Crippen LogP contribution in [-0.2, 0) is 17.7 Å². The predicted octanol–water partition coefficient (Wildman–Crippen LogP) is 4.38. The summed E-state index contributed by atoms with van der Waals surface area (Å²) in [6, 6.07) is 22.7. The average Bonchev–Trinajstić information content (AvgIpc) is 2.83. The molecule has 2 atom stereocenters. The van der Waals surface area contributed by atoms with E-state index >= 15 is 0 Å². The van der Waals surface area contributed by atoms with E-state index in [1.165, 1.54) is 11.1 Å². The highest BCUT2D eigenvalue weighted by Gasteiger charge is 2.13. The zero-order valence-corrected chi connectivity index (χ0v) is 18.2. The van der Waals surface area contributed by atoms with Crippen LogP contribution in [0.3, 0.4) is 0 Å². The molecule has 1 heterocycles. The Morgan fingerprint density at radius 2 is 1.87 bits per heavy atom. The van der Waals surface area contributed by atoms with Crippen molar-refractivity contribution in [3.63, 3.8) is 0 Å². The molecule has 1 aromatic heterocycles. The Labute approximate surface area is 184 Å². The van der Waals surface area contributed by atoms with Gasteiger partial charge in [0.05, 0.1) is 23.4 Å². The molecular formula is C26H30N4O. The lowest BCUT2D eigenvalue weighted by atomic mass is 9.94. The van der Waals surface area contributed by atoms with Crippen LogP contribution in [0.2, 0.25) is 0 Å². The topological polar surface area (TPSA) is 84.0 Å². The van der Waals surface area contributed by atoms with Crippen molar-refractivity contribution in [2.45, 2.75) is 38.5 Å². The second kappa shape index (κ2) is 11.4. The quantitative estimate of drug-likeness (QED) is 0.514. The normalized spacial score (nSPS) is 12.8. The van der Waals surface area contributed by atoms with Crippen LogP contribution < -0.4 is 11.1 Å². The Bertz CT molecular complexity index is 1010. The van der Waals surface area contributed by atoms with Crippen LogP contribution >= 0.6 is 0 Å². The van der Waals surface area contributed by atoms with Crippen LogP contribution in [0.5, 0.6) is 0 Å². The minimum Gasteiger partial charge on any atom is -0.375 e. The first-order valence-electron chi connectivity index (χ1n) is 10.6. The van der Waals surface area contributed by atoms with Crippen molar-refractivity contribution in [2.75, 3.05) is 13.7 Å². The van der Waals surface area contributed by atoms with E-state index in [0.717, 1.165) is 36.2 Å². The smallest absolute Gasteiger partial charge is 0.0998 e. The fourth-order valence-corrected chi connectivity index (χ4v) is 3.62. The van der Waals surface area contributed by atoms with Crippen LogP contribution in [0.1, 0.15) is 41.8 Å². The zero-order chi connectivity index (χ0) is 22.1. The van der Waals surface area contributed by atoms with Crippen molar-refractivity contribution in [1.82, 2.24) is 10.3 Å². The Morgan fingerprint density at radius 3 is 2.58 bits per heavy atom. The number of nitrogens with zero attached hydrogens (tertiary/aromatic N) is 2. The van der Waals surface area contributed by atoms with Gasteiger partial charge >= 0.3 is 0 Å². The summed E-state index contributed by atoms with van der Waals surface area (Å²) in [5.41, 5.74) is 11.8. The molecule has 160 valence electrons. The predicted molar refractivity (Wildman–Crippen MR) is 124 cm³/mol. The number of hydrogen-bond donors (Lipinski definition) is 2. The van der Waals surface area contributed by atoms with Crippen molar-refractivity contribution in [1.29, 1.82) is 5.26 Å². The van der Waals surface area contributed by atoms with E-state index < -0.39 is 0 Å². The van der Waals surface area contributed by atoms with Gasteiger partial charge in [-0.15, -0.1) is 0 Å². The third kappa shape index (κ3) is 6.22. The number of nitriles is 1. The lowest BCUT2D eigenvalue weighted by Gasteiger charge is -2.17. The third-order valence-electron chi connectivity index (χ3n) is 5.42. The summed E-state index contributed by atoms with van der Waals surface area (Å²) >= 11 is 0. The molecule has 0 fully saturated rings. The van der Waals surface area contributed by atoms with Gasteiger partial charge in [-0.05, 0) is 66.3 Å². The highest BCUT2D eigenvalue weighted by atomic mass is 16.5. The first-order chi connectivity index (χ1) is 15.1. The maximum Gasteiger partial charge on any atom is 0.0998 e. The van der Waals surface area contributed by atoms with E-state index in [4.69, 9.17) is 10.5 Å². The summed E-state index contributed by atoms with van der Waals surface area (Å²) in [5.74, 6) is 0. The summed E-state index contributed by atoms with van der Waals surface area (Å²) in [7, 11) is 1.72. The molecule has 2 unspecified atom stereocenters. The van der Waals surface area contributed by atoms with E-state index in [9.17, 15) is 5.26 Å². The van der Waals surface area contributed by atoms with Gasteiger partial charge in [0.1, 0.15) is 0 Å². The molecule has 2 aromatic carbocycles. The lowest BCUT2D eigenvalue weighted by Crippen LogP contribution is -2.32. The summed E-state index contributed by atoms with van der Waals surface area (Å²) < 4.78 is 5.70. The van der Waals surface area contributed by atoms with Gasteiger partial charge in [-0.1, -0.05) is 36.4 Å². The molecule has 0 aliphatic carbocycles. The van der Waals surface area contributed by atoms with Gasteiger partial charge in [-0.25, -0.2) is 0 Å². The molecule has 0 bridgehead atoms. The van der Waals surface area contributed by atoms with Gasteiger partial charge < -0.3 is 15.8 Å². The molecule has 3 rings (SSSR count). The number of rotatable bonds is 10. The van der Waals surface area contributed by atoms with Crippen LogP contribution in [0.4, 0.5) is 0 Å². The summed E-state index contributed by atoms with van der Waals surface area (Å²) in [4.78, 5) is 4.44. The Kier molecular flexibility index (Phi) is 8.31. The third-order valence-corrected chi connectivity index (χ3v) is 5.42. The standard InChI is InChI=1S/C26H30N4O/c1-19(16-27)30-18-21-13-20(10-11-26(31-2)25-9-5-6-12-29-25)14-23(15-21)24-8-4-3-7-22(24)17-28/h3-9,12-15,19,26,30H,10-11,16,18,27H2,1-2H3. The highest BCUT2D eigenvalue weighted by molar-refractivity contribution is 5.71. The Hall–Kier alpha value is -3.04. The van der Waals surface area contributed by atoms with Crippen molar-refractivity contribution in [3.05, 3.63) is 89.2 Å². The van der Waals surface area contributed by atoms with Gasteiger partial charge in [-0.3, -0.25) is 4.98 Å². The number of hydrogen-bond acceptors (Lipinski definition) is 5. The largest absolute Gasteiger partial charge is 0.375 e. The summed E-state index contributed by atoms with van der Waals surface area (Å²) in [6.07, 6.45) is 3.40. The van der Waals surface area contributed by atoms with Gasteiger partial charge in [-0.2, -0.15) is 5.26 Å². The second-order valence-electron chi connectivity index (χ2n) is 7.73. The first kappa shape index (κ1) is 22.6. The second-order valence-corrected chi connectivity index (χ2v) is 7.73. The number of pyridine rings is 1. The molecule has 3 N–H and O–H groups in total. The molecule has 0 saturated carbocycles. The minimum absolute atomic E-state index is 0.0601. The van der Waals surface area contributed by atoms with Crippen LogP contribution in [0.25, 0.3) is 11.1 Å². The highest BCUT2D eigenvalue weighted by Crippen LogP contribution is 2.28. The van der Waals surface area contributed by atoms with Crippen LogP contribution in [0, 0.1) is 11.3 Å². The molecule has 0 spiro atoms. The van der Waals surface area contributed by atoms with Crippen molar-refractivity contribution in [3.8, 4) is 17.2 Å². The summed E-state index contributed by atoms with van der Waals surface area (Å²) in [6.45, 7) is 3.39. The maximum absolute atomic E-state index is 9.56. The average molecular weight is 415 g/mol. The Morgan fingerprint density at radius 1 is 1.10 bits per heavy atom. The molecule has 0 aliphatic heterocycles. The van der Waals surface area contributed by atoms with Gasteiger partial charge in [0.2, 0.25) is 0 Å². The maximum atomic E-state index is 9.56. The number of nitrogens with two attached hydrogens (primary N) is 1. The van der Waals surface area contributed by atoms with Crippen LogP contribution in [-0.4, -0.2) is 24.7 Å². The molecule has 3 aromatic rings. The van der Waals surface area contributed by atoms with Crippen molar-refractivity contribution in [2.24, 2.45) is 5.73 Å². The van der Waals surface area contributed by atoms with Gasteiger partial charge in [0.25, 0.3) is 0 Å². The number of benzene rings is 2. The molecule has 31 heavy (non-hydrogen) atoms. The number of aryl methyl sites for hydroxylation is 1. The molecule has 0 radical (unpaired) electrons. The molecule has 0 saturated heterocycles. The number of aromatic nitrogens is 1.